The molecule has 1 heteroatoms. The van der Waals surface area contributed by atoms with Crippen molar-refractivity contribution in [1.82, 2.24) is 0 Å². The number of hydrogen-bond donors (Lipinski definition) is 1. The smallest absolute Gasteiger partial charge is 0.0471 e. The Morgan fingerprint density at radius 1 is 1.00 bits per heavy atom. The van der Waals surface area contributed by atoms with Gasteiger partial charge in [-0.25, -0.2) is 0 Å². The summed E-state index contributed by atoms with van der Waals surface area (Å²) in [4.78, 5) is 0. The van der Waals surface area contributed by atoms with E-state index in [1.165, 1.54) is 27.5 Å². The van der Waals surface area contributed by atoms with E-state index in [2.05, 4.69) is 42.5 Å². The zero-order valence-electron chi connectivity index (χ0n) is 8.40. The number of hydrogen-bond acceptors (Lipinski definition) is 1. The van der Waals surface area contributed by atoms with Crippen molar-refractivity contribution in [3.63, 3.8) is 0 Å². The zero-order chi connectivity index (χ0) is 10.3. The Morgan fingerprint density at radius 2 is 1.80 bits per heavy atom. The molecule has 0 radical (unpaired) electrons. The molecule has 0 unspecified atom stereocenters. The third-order valence-electron chi connectivity index (χ3n) is 2.99. The molecule has 1 nitrogen and oxygen atoms in total. The van der Waals surface area contributed by atoms with E-state index >= 15 is 0 Å². The van der Waals surface area contributed by atoms with Gasteiger partial charge in [0.15, 0.2) is 0 Å². The van der Waals surface area contributed by atoms with Gasteiger partial charge in [0.1, 0.15) is 0 Å². The molecule has 15 heavy (non-hydrogen) atoms. The van der Waals surface area contributed by atoms with Crippen molar-refractivity contribution in [2.24, 2.45) is 0 Å². The lowest BCUT2D eigenvalue weighted by Gasteiger charge is -2.03. The van der Waals surface area contributed by atoms with Crippen LogP contribution >= 0.6 is 0 Å². The van der Waals surface area contributed by atoms with Crippen molar-refractivity contribution in [3.8, 4) is 0 Å². The highest BCUT2D eigenvalue weighted by molar-refractivity contribution is 6.09. The van der Waals surface area contributed by atoms with E-state index < -0.39 is 0 Å². The van der Waals surface area contributed by atoms with Crippen molar-refractivity contribution in [2.75, 3.05) is 6.61 Å². The normalized spacial score (nSPS) is 13.3. The van der Waals surface area contributed by atoms with Crippen LogP contribution in [0.25, 0.3) is 22.4 Å². The van der Waals surface area contributed by atoms with Gasteiger partial charge in [-0.05, 0) is 33.9 Å². The van der Waals surface area contributed by atoms with Crippen LogP contribution in [0.3, 0.4) is 0 Å². The Balaban J connectivity index is 2.30. The maximum atomic E-state index is 9.02. The molecule has 74 valence electrons. The second-order valence-electron chi connectivity index (χ2n) is 3.89. The molecule has 3 rings (SSSR count). The summed E-state index contributed by atoms with van der Waals surface area (Å²) in [7, 11) is 0. The molecule has 0 atom stereocenters. The Bertz CT molecular complexity index is 547. The lowest BCUT2D eigenvalue weighted by molar-refractivity contribution is 0.305. The summed E-state index contributed by atoms with van der Waals surface area (Å²) in [5.41, 5.74) is 3.83. The molecule has 1 aliphatic rings. The largest absolute Gasteiger partial charge is 0.396 e. The molecule has 0 heterocycles. The second kappa shape index (κ2) is 3.21. The summed E-state index contributed by atoms with van der Waals surface area (Å²) < 4.78 is 0. The zero-order valence-corrected chi connectivity index (χ0v) is 8.40. The fraction of sp³-hybridized carbons (Fsp3) is 0.143. The summed E-state index contributed by atoms with van der Waals surface area (Å²) in [6.45, 7) is 0.218. The van der Waals surface area contributed by atoms with Gasteiger partial charge >= 0.3 is 0 Å². The van der Waals surface area contributed by atoms with E-state index in [1.807, 2.05) is 0 Å². The lowest BCUT2D eigenvalue weighted by Crippen LogP contribution is -1.86. The van der Waals surface area contributed by atoms with Crippen LogP contribution < -0.4 is 0 Å². The highest BCUT2D eigenvalue weighted by Crippen LogP contribution is 2.37. The monoisotopic (exact) mass is 196 g/mol. The van der Waals surface area contributed by atoms with Crippen LogP contribution in [0.5, 0.6) is 0 Å². The molecular weight excluding hydrogens is 184 g/mol. The highest BCUT2D eigenvalue weighted by atomic mass is 16.2. The number of aliphatic hydroxyl groups is 1. The van der Waals surface area contributed by atoms with Crippen LogP contribution in [0.1, 0.15) is 17.5 Å². The van der Waals surface area contributed by atoms with Crippen molar-refractivity contribution < 1.29 is 5.11 Å². The third kappa shape index (κ3) is 1.20. The molecule has 1 aliphatic carbocycles. The number of benzene rings is 2. The molecule has 0 spiro atoms. The predicted octanol–water partition coefficient (Wildman–Crippen LogP) is 3.08. The first-order chi connectivity index (χ1) is 7.40. The van der Waals surface area contributed by atoms with Crippen molar-refractivity contribution in [2.45, 2.75) is 6.42 Å². The molecule has 2 aromatic rings. The third-order valence-corrected chi connectivity index (χ3v) is 2.99. The Hall–Kier alpha value is -1.60. The molecular formula is C14H12O. The van der Waals surface area contributed by atoms with Gasteiger partial charge in [0.05, 0.1) is 0 Å². The van der Waals surface area contributed by atoms with E-state index in [9.17, 15) is 0 Å². The van der Waals surface area contributed by atoms with E-state index in [-0.39, 0.29) is 6.61 Å². The molecule has 0 saturated carbocycles. The Labute approximate surface area is 88.7 Å². The number of rotatable bonds is 2. The molecule has 0 aromatic heterocycles. The molecule has 0 bridgehead atoms. The van der Waals surface area contributed by atoms with Crippen molar-refractivity contribution >= 4 is 22.4 Å². The standard InChI is InChI=1S/C14H12O/c15-8-7-11-9-12-5-1-3-10-4-2-6-13(11)14(10)12/h1-6,9,15H,7-8H2. The van der Waals surface area contributed by atoms with Crippen molar-refractivity contribution in [1.29, 1.82) is 0 Å². The van der Waals surface area contributed by atoms with E-state index in [4.69, 9.17) is 5.11 Å². The van der Waals surface area contributed by atoms with Gasteiger partial charge in [0.25, 0.3) is 0 Å². The van der Waals surface area contributed by atoms with E-state index in [1.54, 1.807) is 0 Å². The summed E-state index contributed by atoms with van der Waals surface area (Å²) in [6, 6.07) is 12.7. The second-order valence-corrected chi connectivity index (χ2v) is 3.89. The first-order valence-corrected chi connectivity index (χ1v) is 5.24. The van der Waals surface area contributed by atoms with Gasteiger partial charge in [0.2, 0.25) is 0 Å². The Morgan fingerprint density at radius 3 is 2.60 bits per heavy atom. The number of aliphatic hydroxyl groups excluding tert-OH is 1. The molecule has 1 N–H and O–H groups in total. The van der Waals surface area contributed by atoms with Crippen LogP contribution in [0.15, 0.2) is 36.4 Å². The lowest BCUT2D eigenvalue weighted by atomic mass is 10.0. The quantitative estimate of drug-likeness (QED) is 0.782. The molecule has 0 aliphatic heterocycles. The van der Waals surface area contributed by atoms with Gasteiger partial charge in [-0.1, -0.05) is 42.5 Å². The Kier molecular flexibility index (Phi) is 1.86. The van der Waals surface area contributed by atoms with Gasteiger partial charge in [-0.3, -0.25) is 0 Å². The van der Waals surface area contributed by atoms with Crippen LogP contribution in [-0.4, -0.2) is 11.7 Å². The minimum atomic E-state index is 0.218. The van der Waals surface area contributed by atoms with Gasteiger partial charge in [-0.15, -0.1) is 0 Å². The molecule has 0 amide bonds. The SMILES string of the molecule is OCCC1=Cc2cccc3cccc1c23. The first-order valence-electron chi connectivity index (χ1n) is 5.24. The molecule has 0 saturated heterocycles. The summed E-state index contributed by atoms with van der Waals surface area (Å²) in [5.74, 6) is 0. The van der Waals surface area contributed by atoms with E-state index in [0.717, 1.165) is 6.42 Å². The average molecular weight is 196 g/mol. The fourth-order valence-corrected chi connectivity index (χ4v) is 2.35. The highest BCUT2D eigenvalue weighted by Gasteiger charge is 2.14. The molecule has 0 fully saturated rings. The predicted molar refractivity (Wildman–Crippen MR) is 63.5 cm³/mol. The summed E-state index contributed by atoms with van der Waals surface area (Å²) in [6.07, 6.45) is 2.93. The minimum absolute atomic E-state index is 0.218. The average Bonchev–Trinajstić information content (AvgIpc) is 2.61. The van der Waals surface area contributed by atoms with Gasteiger partial charge in [0, 0.05) is 6.61 Å². The van der Waals surface area contributed by atoms with E-state index in [0.29, 0.717) is 0 Å². The van der Waals surface area contributed by atoms with Crippen LogP contribution in [0, 0.1) is 0 Å². The first kappa shape index (κ1) is 8.69. The minimum Gasteiger partial charge on any atom is -0.396 e. The van der Waals surface area contributed by atoms with Crippen LogP contribution in [-0.2, 0) is 0 Å². The van der Waals surface area contributed by atoms with Gasteiger partial charge in [-0.2, -0.15) is 0 Å². The van der Waals surface area contributed by atoms with Crippen molar-refractivity contribution in [3.05, 3.63) is 47.5 Å². The fourth-order valence-electron chi connectivity index (χ4n) is 2.35. The van der Waals surface area contributed by atoms with Gasteiger partial charge < -0.3 is 5.11 Å². The van der Waals surface area contributed by atoms with Crippen LogP contribution in [0.2, 0.25) is 0 Å². The maximum Gasteiger partial charge on any atom is 0.0471 e. The molecule has 2 aromatic carbocycles. The van der Waals surface area contributed by atoms with Crippen LogP contribution in [0.4, 0.5) is 0 Å². The maximum absolute atomic E-state index is 9.02. The summed E-state index contributed by atoms with van der Waals surface area (Å²) in [5, 5.41) is 11.6. The topological polar surface area (TPSA) is 20.2 Å². The summed E-state index contributed by atoms with van der Waals surface area (Å²) >= 11 is 0.